The number of rotatable bonds is 3. The predicted octanol–water partition coefficient (Wildman–Crippen LogP) is 1.75. The monoisotopic (exact) mass is 252 g/mol. The molecule has 0 aromatic carbocycles. The van der Waals surface area contributed by atoms with Crippen LogP contribution in [0.25, 0.3) is 0 Å². The van der Waals surface area contributed by atoms with Crippen molar-refractivity contribution in [3.63, 3.8) is 0 Å². The summed E-state index contributed by atoms with van der Waals surface area (Å²) in [5.41, 5.74) is 0. The van der Waals surface area contributed by atoms with Gasteiger partial charge in [0.05, 0.1) is 6.10 Å². The van der Waals surface area contributed by atoms with E-state index in [-0.39, 0.29) is 6.10 Å². The van der Waals surface area contributed by atoms with Crippen molar-refractivity contribution in [2.75, 3.05) is 19.6 Å². The van der Waals surface area contributed by atoms with Crippen LogP contribution in [0.4, 0.5) is 0 Å². The second kappa shape index (κ2) is 5.89. The lowest BCUT2D eigenvalue weighted by molar-refractivity contribution is 0.0649. The summed E-state index contributed by atoms with van der Waals surface area (Å²) in [5.74, 6) is 0.514. The lowest BCUT2D eigenvalue weighted by atomic mass is 9.86. The minimum absolute atomic E-state index is 0.0437. The van der Waals surface area contributed by atoms with E-state index in [2.05, 4.69) is 10.2 Å². The van der Waals surface area contributed by atoms with Crippen molar-refractivity contribution >= 4 is 0 Å². The lowest BCUT2D eigenvalue weighted by Gasteiger charge is -2.37. The molecule has 2 saturated heterocycles. The van der Waals surface area contributed by atoms with Gasteiger partial charge in [-0.15, -0.1) is 0 Å². The summed E-state index contributed by atoms with van der Waals surface area (Å²) in [4.78, 5) is 2.67. The van der Waals surface area contributed by atoms with Crippen molar-refractivity contribution in [3.05, 3.63) is 0 Å². The normalized spacial score (nSPS) is 41.8. The van der Waals surface area contributed by atoms with E-state index < -0.39 is 0 Å². The number of hydrogen-bond acceptors (Lipinski definition) is 3. The Morgan fingerprint density at radius 3 is 2.78 bits per heavy atom. The van der Waals surface area contributed by atoms with Crippen LogP contribution in [-0.2, 0) is 0 Å². The van der Waals surface area contributed by atoms with Crippen LogP contribution in [0.2, 0.25) is 0 Å². The highest BCUT2D eigenvalue weighted by Crippen LogP contribution is 2.28. The fourth-order valence-corrected chi connectivity index (χ4v) is 4.15. The molecule has 104 valence electrons. The zero-order valence-corrected chi connectivity index (χ0v) is 11.5. The van der Waals surface area contributed by atoms with E-state index in [1.165, 1.54) is 58.0 Å². The summed E-state index contributed by atoms with van der Waals surface area (Å²) < 4.78 is 0. The number of aliphatic hydroxyl groups excluding tert-OH is 1. The molecule has 0 aromatic rings. The van der Waals surface area contributed by atoms with Crippen LogP contribution in [0.15, 0.2) is 0 Å². The fourth-order valence-electron chi connectivity index (χ4n) is 4.15. The van der Waals surface area contributed by atoms with Gasteiger partial charge < -0.3 is 15.3 Å². The first-order valence-corrected chi connectivity index (χ1v) is 7.98. The summed E-state index contributed by atoms with van der Waals surface area (Å²) in [6, 6.07) is 1.56. The Balaban J connectivity index is 1.43. The molecular formula is C15H28N2O. The summed E-state index contributed by atoms with van der Waals surface area (Å²) in [6.45, 7) is 3.66. The van der Waals surface area contributed by atoms with Gasteiger partial charge in [0.25, 0.3) is 0 Å². The van der Waals surface area contributed by atoms with E-state index in [1.54, 1.807) is 0 Å². The van der Waals surface area contributed by atoms with Crippen LogP contribution in [0.1, 0.15) is 51.4 Å². The van der Waals surface area contributed by atoms with Crippen LogP contribution in [0.5, 0.6) is 0 Å². The van der Waals surface area contributed by atoms with Gasteiger partial charge in [-0.3, -0.25) is 0 Å². The molecule has 3 heteroatoms. The van der Waals surface area contributed by atoms with Crippen molar-refractivity contribution in [2.24, 2.45) is 5.92 Å². The minimum atomic E-state index is -0.0437. The van der Waals surface area contributed by atoms with Crippen molar-refractivity contribution in [2.45, 2.75) is 69.6 Å². The van der Waals surface area contributed by atoms with E-state index >= 15 is 0 Å². The first kappa shape index (κ1) is 12.9. The Morgan fingerprint density at radius 2 is 1.89 bits per heavy atom. The van der Waals surface area contributed by atoms with Gasteiger partial charge in [-0.2, -0.15) is 0 Å². The van der Waals surface area contributed by atoms with Gasteiger partial charge in [-0.1, -0.05) is 12.8 Å². The van der Waals surface area contributed by atoms with Crippen molar-refractivity contribution in [1.82, 2.24) is 10.2 Å². The van der Waals surface area contributed by atoms with Crippen LogP contribution in [0.3, 0.4) is 0 Å². The SMILES string of the molecule is OC1CCCCC1CNC1CCN2CCCC2C1. The van der Waals surface area contributed by atoms with Crippen LogP contribution >= 0.6 is 0 Å². The van der Waals surface area contributed by atoms with Crippen molar-refractivity contribution in [1.29, 1.82) is 0 Å². The van der Waals surface area contributed by atoms with E-state index in [9.17, 15) is 5.11 Å². The molecule has 2 heterocycles. The first-order chi connectivity index (χ1) is 8.83. The zero-order chi connectivity index (χ0) is 12.4. The second-order valence-electron chi connectivity index (χ2n) is 6.57. The minimum Gasteiger partial charge on any atom is -0.393 e. The molecule has 3 fully saturated rings. The smallest absolute Gasteiger partial charge is 0.0580 e. The molecule has 1 saturated carbocycles. The molecule has 0 spiro atoms. The van der Waals surface area contributed by atoms with Crippen molar-refractivity contribution < 1.29 is 5.11 Å². The van der Waals surface area contributed by atoms with E-state index in [0.717, 1.165) is 19.0 Å². The molecule has 1 aliphatic carbocycles. The first-order valence-electron chi connectivity index (χ1n) is 7.98. The predicted molar refractivity (Wildman–Crippen MR) is 73.6 cm³/mol. The standard InChI is InChI=1S/C15H28N2O/c18-15-6-2-1-4-12(15)11-16-13-7-9-17-8-3-5-14(17)10-13/h12-16,18H,1-11H2. The molecular weight excluding hydrogens is 224 g/mol. The number of nitrogens with one attached hydrogen (secondary N) is 1. The second-order valence-corrected chi connectivity index (χ2v) is 6.57. The quantitative estimate of drug-likeness (QED) is 0.803. The maximum absolute atomic E-state index is 10.0. The van der Waals surface area contributed by atoms with Gasteiger partial charge in [-0.25, -0.2) is 0 Å². The molecule has 4 unspecified atom stereocenters. The summed E-state index contributed by atoms with van der Waals surface area (Å²) >= 11 is 0. The van der Waals surface area contributed by atoms with Gasteiger partial charge in [0, 0.05) is 18.6 Å². The van der Waals surface area contributed by atoms with Crippen LogP contribution in [0, 0.1) is 5.92 Å². The third-order valence-electron chi connectivity index (χ3n) is 5.36. The number of hydrogen-bond donors (Lipinski definition) is 2. The fraction of sp³-hybridized carbons (Fsp3) is 1.00. The van der Waals surface area contributed by atoms with Gasteiger partial charge in [0.15, 0.2) is 0 Å². The third-order valence-corrected chi connectivity index (χ3v) is 5.36. The largest absolute Gasteiger partial charge is 0.393 e. The Bertz CT molecular complexity index is 271. The average Bonchev–Trinajstić information content (AvgIpc) is 2.85. The highest BCUT2D eigenvalue weighted by Gasteiger charge is 2.32. The molecule has 0 amide bonds. The molecule has 3 nitrogen and oxygen atoms in total. The van der Waals surface area contributed by atoms with E-state index in [0.29, 0.717) is 12.0 Å². The Morgan fingerprint density at radius 1 is 1.00 bits per heavy atom. The molecule has 0 aromatic heterocycles. The zero-order valence-electron chi connectivity index (χ0n) is 11.5. The third kappa shape index (κ3) is 2.89. The van der Waals surface area contributed by atoms with Crippen LogP contribution in [-0.4, -0.2) is 47.8 Å². The number of piperidine rings is 1. The van der Waals surface area contributed by atoms with Gasteiger partial charge in [0.2, 0.25) is 0 Å². The molecule has 2 aliphatic heterocycles. The molecule has 0 bridgehead atoms. The topological polar surface area (TPSA) is 35.5 Å². The Labute approximate surface area is 111 Å². The Kier molecular flexibility index (Phi) is 4.22. The molecule has 2 N–H and O–H groups in total. The maximum Gasteiger partial charge on any atom is 0.0580 e. The Hall–Kier alpha value is -0.120. The van der Waals surface area contributed by atoms with E-state index in [1.807, 2.05) is 0 Å². The lowest BCUT2D eigenvalue weighted by Crippen LogP contribution is -2.47. The summed E-state index contributed by atoms with van der Waals surface area (Å²) in [5, 5.41) is 13.7. The van der Waals surface area contributed by atoms with Gasteiger partial charge in [0.1, 0.15) is 0 Å². The molecule has 3 rings (SSSR count). The highest BCUT2D eigenvalue weighted by molar-refractivity contribution is 4.90. The summed E-state index contributed by atoms with van der Waals surface area (Å²) in [6.07, 6.45) is 10.2. The number of fused-ring (bicyclic) bond motifs is 1. The molecule has 4 atom stereocenters. The summed E-state index contributed by atoms with van der Waals surface area (Å²) in [7, 11) is 0. The van der Waals surface area contributed by atoms with Crippen LogP contribution < -0.4 is 5.32 Å². The van der Waals surface area contributed by atoms with Crippen molar-refractivity contribution in [3.8, 4) is 0 Å². The van der Waals surface area contributed by atoms with Gasteiger partial charge >= 0.3 is 0 Å². The molecule has 3 aliphatic rings. The average molecular weight is 252 g/mol. The van der Waals surface area contributed by atoms with Gasteiger partial charge in [-0.05, 0) is 57.5 Å². The number of nitrogens with zero attached hydrogens (tertiary/aromatic N) is 1. The number of aliphatic hydroxyl groups is 1. The van der Waals surface area contributed by atoms with E-state index in [4.69, 9.17) is 0 Å². The molecule has 0 radical (unpaired) electrons. The maximum atomic E-state index is 10.0. The highest BCUT2D eigenvalue weighted by atomic mass is 16.3. The molecule has 18 heavy (non-hydrogen) atoms.